The minimum atomic E-state index is -3.81. The third-order valence-electron chi connectivity index (χ3n) is 9.41. The highest BCUT2D eigenvalue weighted by atomic mass is 32.2. The minimum Gasteiger partial charge on any atom is -0.490 e. The molecule has 6 rings (SSSR count). The Balaban J connectivity index is 1.27. The molecule has 3 aromatic carbocycles. The highest BCUT2D eigenvalue weighted by molar-refractivity contribution is 7.98. The van der Waals surface area contributed by atoms with Crippen molar-refractivity contribution in [3.8, 4) is 5.75 Å². The molecule has 12 heteroatoms. The van der Waals surface area contributed by atoms with Crippen LogP contribution in [0.3, 0.4) is 0 Å². The van der Waals surface area contributed by atoms with Crippen molar-refractivity contribution in [2.45, 2.75) is 54.8 Å². The Bertz CT molecular complexity index is 1620. The lowest BCUT2D eigenvalue weighted by Gasteiger charge is -2.43. The summed E-state index contributed by atoms with van der Waals surface area (Å²) in [5.74, 6) is 2.49. The quantitative estimate of drug-likeness (QED) is 0.128. The van der Waals surface area contributed by atoms with Gasteiger partial charge in [-0.15, -0.1) is 0 Å². The van der Waals surface area contributed by atoms with E-state index >= 15 is 0 Å². The van der Waals surface area contributed by atoms with Crippen LogP contribution in [0, 0.1) is 6.92 Å². The van der Waals surface area contributed by atoms with Crippen LogP contribution in [-0.2, 0) is 46.1 Å². The molecule has 2 fully saturated rings. The van der Waals surface area contributed by atoms with E-state index in [0.717, 1.165) is 65.8 Å². The van der Waals surface area contributed by atoms with E-state index in [-0.39, 0.29) is 30.0 Å². The molecule has 2 unspecified atom stereocenters. The van der Waals surface area contributed by atoms with Crippen LogP contribution in [0.2, 0.25) is 0 Å². The molecule has 3 aromatic rings. The molecule has 0 N–H and O–H groups in total. The SMILES string of the molecule is COCCCN1CCOc2ccc(CO[C@H]3CN(S(=O)(=O)c4ccc(C)cc4)CC(OC[C@H]4CO4)C3c3ccc(CSCCOC)cc3)cc21. The summed E-state index contributed by atoms with van der Waals surface area (Å²) in [4.78, 5) is 2.60. The molecule has 10 nitrogen and oxygen atoms in total. The number of methoxy groups -OCH3 is 2. The molecule has 0 amide bonds. The maximum Gasteiger partial charge on any atom is 0.243 e. The number of hydrogen-bond donors (Lipinski definition) is 0. The number of benzene rings is 3. The van der Waals surface area contributed by atoms with Gasteiger partial charge in [0.1, 0.15) is 18.5 Å². The Hall–Kier alpha value is -2.68. The molecule has 4 atom stereocenters. The first-order valence-corrected chi connectivity index (χ1v) is 20.0. The van der Waals surface area contributed by atoms with E-state index in [9.17, 15) is 8.42 Å². The van der Waals surface area contributed by atoms with E-state index < -0.39 is 22.2 Å². The highest BCUT2D eigenvalue weighted by Crippen LogP contribution is 2.38. The first-order chi connectivity index (χ1) is 24.4. The molecule has 0 aliphatic carbocycles. The van der Waals surface area contributed by atoms with Crippen LogP contribution >= 0.6 is 11.8 Å². The van der Waals surface area contributed by atoms with Crippen LogP contribution < -0.4 is 9.64 Å². The van der Waals surface area contributed by atoms with Crippen LogP contribution in [0.5, 0.6) is 5.75 Å². The van der Waals surface area contributed by atoms with Gasteiger partial charge in [0, 0.05) is 57.9 Å². The van der Waals surface area contributed by atoms with E-state index in [1.54, 1.807) is 26.4 Å². The Morgan fingerprint density at radius 3 is 2.34 bits per heavy atom. The molecule has 3 aliphatic rings. The van der Waals surface area contributed by atoms with Crippen molar-refractivity contribution in [1.82, 2.24) is 4.31 Å². The number of epoxide rings is 1. The molecule has 0 bridgehead atoms. The Morgan fingerprint density at radius 2 is 1.62 bits per heavy atom. The van der Waals surface area contributed by atoms with E-state index in [2.05, 4.69) is 35.2 Å². The second-order valence-electron chi connectivity index (χ2n) is 13.1. The number of sulfonamides is 1. The molecule has 50 heavy (non-hydrogen) atoms. The lowest BCUT2D eigenvalue weighted by Crippen LogP contribution is -2.54. The van der Waals surface area contributed by atoms with Crippen molar-refractivity contribution >= 4 is 27.5 Å². The number of rotatable bonds is 18. The van der Waals surface area contributed by atoms with Gasteiger partial charge in [0.2, 0.25) is 10.0 Å². The van der Waals surface area contributed by atoms with E-state index in [0.29, 0.717) is 33.0 Å². The predicted molar refractivity (Wildman–Crippen MR) is 196 cm³/mol. The van der Waals surface area contributed by atoms with Gasteiger partial charge in [-0.25, -0.2) is 8.42 Å². The standard InChI is InChI=1S/C38H50N2O8S2/c1-28-5-12-33(13-6-28)50(41,42)40-22-36(47-24-30-9-14-35-34(21-30)39(16-18-45-35)15-4-17-43-2)38(37(23-40)48-26-32-25-46-32)31-10-7-29(8-11-31)27-49-20-19-44-3/h5-14,21,32,36-38H,4,15-20,22-27H2,1-3H3/t32-,36+,37?,38?/m1/s1. The number of fused-ring (bicyclic) bond motifs is 1. The van der Waals surface area contributed by atoms with Crippen LogP contribution in [0.15, 0.2) is 71.6 Å². The monoisotopic (exact) mass is 726 g/mol. The number of aryl methyl sites for hydroxylation is 1. The fourth-order valence-electron chi connectivity index (χ4n) is 6.55. The van der Waals surface area contributed by atoms with Crippen LogP contribution in [-0.4, -0.2) is 110 Å². The summed E-state index contributed by atoms with van der Waals surface area (Å²) in [5.41, 5.74) is 5.33. The lowest BCUT2D eigenvalue weighted by molar-refractivity contribution is -0.0808. The van der Waals surface area contributed by atoms with Crippen molar-refractivity contribution in [1.29, 1.82) is 0 Å². The van der Waals surface area contributed by atoms with Gasteiger partial charge < -0.3 is 33.3 Å². The van der Waals surface area contributed by atoms with Gasteiger partial charge in [-0.2, -0.15) is 16.1 Å². The van der Waals surface area contributed by atoms with Gasteiger partial charge in [-0.05, 0) is 54.3 Å². The lowest BCUT2D eigenvalue weighted by atomic mass is 9.85. The number of piperidine rings is 1. The number of hydrogen-bond acceptors (Lipinski definition) is 10. The topological polar surface area (TPSA) is 99.3 Å². The zero-order valence-electron chi connectivity index (χ0n) is 29.3. The Labute approximate surface area is 301 Å². The molecule has 0 radical (unpaired) electrons. The van der Waals surface area contributed by atoms with Crippen LogP contribution in [0.4, 0.5) is 5.69 Å². The average Bonchev–Trinajstić information content (AvgIpc) is 3.97. The highest BCUT2D eigenvalue weighted by Gasteiger charge is 2.44. The third-order valence-corrected chi connectivity index (χ3v) is 12.3. The number of anilines is 1. The molecular formula is C38H50N2O8S2. The van der Waals surface area contributed by atoms with Crippen molar-refractivity contribution < 1.29 is 36.8 Å². The summed E-state index contributed by atoms with van der Waals surface area (Å²) in [7, 11) is -0.369. The average molecular weight is 727 g/mol. The molecular weight excluding hydrogens is 677 g/mol. The summed E-state index contributed by atoms with van der Waals surface area (Å²) in [6.45, 7) is 7.48. The van der Waals surface area contributed by atoms with E-state index in [4.69, 9.17) is 28.4 Å². The molecule has 0 saturated carbocycles. The largest absolute Gasteiger partial charge is 0.490 e. The number of thioether (sulfide) groups is 1. The molecule has 3 aliphatic heterocycles. The summed E-state index contributed by atoms with van der Waals surface area (Å²) in [6.07, 6.45) is 0.0495. The van der Waals surface area contributed by atoms with Crippen molar-refractivity contribution in [2.24, 2.45) is 0 Å². The molecule has 0 aromatic heterocycles. The number of nitrogens with zero attached hydrogens (tertiary/aromatic N) is 2. The fraction of sp³-hybridized carbons (Fsp3) is 0.526. The fourth-order valence-corrected chi connectivity index (χ4v) is 8.87. The van der Waals surface area contributed by atoms with Gasteiger partial charge in [0.25, 0.3) is 0 Å². The van der Waals surface area contributed by atoms with Crippen molar-refractivity contribution in [2.75, 3.05) is 84.1 Å². The second kappa shape index (κ2) is 17.7. The van der Waals surface area contributed by atoms with Crippen molar-refractivity contribution in [3.63, 3.8) is 0 Å². The Kier molecular flexibility index (Phi) is 13.1. The smallest absolute Gasteiger partial charge is 0.243 e. The minimum absolute atomic E-state index is 0.0372. The normalized spacial score (nSPS) is 22.3. The second-order valence-corrected chi connectivity index (χ2v) is 16.2. The van der Waals surface area contributed by atoms with Gasteiger partial charge in [-0.3, -0.25) is 0 Å². The van der Waals surface area contributed by atoms with Crippen molar-refractivity contribution in [3.05, 3.63) is 89.0 Å². The first kappa shape index (κ1) is 37.1. The van der Waals surface area contributed by atoms with Gasteiger partial charge >= 0.3 is 0 Å². The molecule has 272 valence electrons. The zero-order valence-corrected chi connectivity index (χ0v) is 31.0. The van der Waals surface area contributed by atoms with Gasteiger partial charge in [0.15, 0.2) is 0 Å². The van der Waals surface area contributed by atoms with Gasteiger partial charge in [0.05, 0.1) is 55.8 Å². The molecule has 0 spiro atoms. The van der Waals surface area contributed by atoms with Gasteiger partial charge in [-0.1, -0.05) is 48.0 Å². The molecule has 2 saturated heterocycles. The van der Waals surface area contributed by atoms with Crippen LogP contribution in [0.1, 0.15) is 34.6 Å². The third kappa shape index (κ3) is 9.60. The van der Waals surface area contributed by atoms with E-state index in [1.165, 1.54) is 9.87 Å². The summed E-state index contributed by atoms with van der Waals surface area (Å²) < 4.78 is 65.0. The maximum absolute atomic E-state index is 14.1. The van der Waals surface area contributed by atoms with E-state index in [1.807, 2.05) is 43.0 Å². The molecule has 3 heterocycles. The summed E-state index contributed by atoms with van der Waals surface area (Å²) >= 11 is 1.83. The first-order valence-electron chi connectivity index (χ1n) is 17.4. The van der Waals surface area contributed by atoms with Crippen LogP contribution in [0.25, 0.3) is 0 Å². The number of ether oxygens (including phenoxy) is 6. The zero-order chi connectivity index (χ0) is 34.9. The predicted octanol–water partition coefficient (Wildman–Crippen LogP) is 5.27. The maximum atomic E-state index is 14.1. The Morgan fingerprint density at radius 1 is 0.900 bits per heavy atom. The summed E-state index contributed by atoms with van der Waals surface area (Å²) in [5, 5.41) is 0. The summed E-state index contributed by atoms with van der Waals surface area (Å²) in [6, 6.07) is 21.8.